The minimum Gasteiger partial charge on any atom is -0.391 e. The average Bonchev–Trinajstić information content (AvgIpc) is 3.21. The summed E-state index contributed by atoms with van der Waals surface area (Å²) in [6.45, 7) is 0.507. The van der Waals surface area contributed by atoms with E-state index in [4.69, 9.17) is 0 Å². The van der Waals surface area contributed by atoms with Crippen LogP contribution in [0.1, 0.15) is 41.6 Å². The number of pyridine rings is 1. The molecule has 0 unspecified atom stereocenters. The second kappa shape index (κ2) is 9.16. The lowest BCUT2D eigenvalue weighted by molar-refractivity contribution is 0.0718. The number of fused-ring (bicyclic) bond motifs is 1. The van der Waals surface area contributed by atoms with E-state index in [0.717, 1.165) is 36.0 Å². The number of hydrogen-bond acceptors (Lipinski definition) is 3. The van der Waals surface area contributed by atoms with Crippen LogP contribution in [0.5, 0.6) is 0 Å². The van der Waals surface area contributed by atoms with Gasteiger partial charge >= 0.3 is 0 Å². The Kier molecular flexibility index (Phi) is 5.92. The molecule has 0 spiro atoms. The molecule has 0 aliphatic heterocycles. The van der Waals surface area contributed by atoms with Gasteiger partial charge in [-0.1, -0.05) is 49.2 Å². The molecule has 1 aliphatic carbocycles. The van der Waals surface area contributed by atoms with Crippen molar-refractivity contribution < 1.29 is 14.3 Å². The van der Waals surface area contributed by atoms with Crippen LogP contribution in [0.2, 0.25) is 0 Å². The van der Waals surface area contributed by atoms with Crippen LogP contribution in [-0.4, -0.2) is 32.7 Å². The van der Waals surface area contributed by atoms with E-state index in [9.17, 15) is 14.3 Å². The average molecular weight is 444 g/mol. The topological polar surface area (TPSA) is 67.2 Å². The molecule has 5 nitrogen and oxygen atoms in total. The van der Waals surface area contributed by atoms with Crippen molar-refractivity contribution in [3.63, 3.8) is 0 Å². The number of amides is 1. The number of aromatic nitrogens is 2. The third-order valence-electron chi connectivity index (χ3n) is 6.45. The summed E-state index contributed by atoms with van der Waals surface area (Å²) in [5, 5.41) is 13.5. The van der Waals surface area contributed by atoms with Gasteiger partial charge in [0.1, 0.15) is 5.82 Å². The van der Waals surface area contributed by atoms with E-state index in [1.165, 1.54) is 6.07 Å². The van der Waals surface area contributed by atoms with Crippen molar-refractivity contribution in [1.82, 2.24) is 14.9 Å². The van der Waals surface area contributed by atoms with E-state index in [1.54, 1.807) is 18.5 Å². The molecule has 168 valence electrons. The van der Waals surface area contributed by atoms with Gasteiger partial charge in [0.2, 0.25) is 0 Å². The number of hydrogen-bond donors (Lipinski definition) is 2. The molecule has 2 aromatic heterocycles. The molecule has 2 heterocycles. The van der Waals surface area contributed by atoms with Crippen molar-refractivity contribution in [3.8, 4) is 11.1 Å². The van der Waals surface area contributed by atoms with Gasteiger partial charge < -0.3 is 15.0 Å². The number of aliphatic hydroxyl groups excluding tert-OH is 1. The summed E-state index contributed by atoms with van der Waals surface area (Å²) in [6.07, 6.45) is 8.07. The third-order valence-corrected chi connectivity index (χ3v) is 6.45. The van der Waals surface area contributed by atoms with E-state index >= 15 is 0 Å². The van der Waals surface area contributed by atoms with Gasteiger partial charge in [-0.25, -0.2) is 4.39 Å². The largest absolute Gasteiger partial charge is 0.391 e. The molecule has 2 aromatic carbocycles. The van der Waals surface area contributed by atoms with E-state index < -0.39 is 11.9 Å². The molecule has 0 bridgehead atoms. The van der Waals surface area contributed by atoms with Crippen LogP contribution < -0.4 is 5.32 Å². The summed E-state index contributed by atoms with van der Waals surface area (Å²) >= 11 is 0. The zero-order valence-corrected chi connectivity index (χ0v) is 18.2. The van der Waals surface area contributed by atoms with Crippen LogP contribution in [0.25, 0.3) is 22.0 Å². The maximum absolute atomic E-state index is 14.8. The Bertz CT molecular complexity index is 1270. The quantitative estimate of drug-likeness (QED) is 0.460. The number of aliphatic hydroxyl groups is 1. The van der Waals surface area contributed by atoms with Gasteiger partial charge in [-0.2, -0.15) is 0 Å². The summed E-state index contributed by atoms with van der Waals surface area (Å²) in [6, 6.07) is 16.6. The second-order valence-electron chi connectivity index (χ2n) is 8.68. The summed E-state index contributed by atoms with van der Waals surface area (Å²) in [4.78, 5) is 17.2. The molecule has 1 fully saturated rings. The normalized spacial score (nSPS) is 18.4. The first-order valence-electron chi connectivity index (χ1n) is 11.4. The van der Waals surface area contributed by atoms with Gasteiger partial charge in [0.15, 0.2) is 0 Å². The Morgan fingerprint density at radius 1 is 1.06 bits per heavy atom. The standard InChI is InChI=1S/C27H26FN3O2/c28-22-6-3-8-24-26(22)21(27(33)30-23-7-1-2-9-25(23)32)17-31(24)16-18-10-12-19(13-11-18)20-5-4-14-29-15-20/h3-6,8,10-15,17,23,25,32H,1-2,7,9,16H2,(H,30,33)/t23-,25-/m0/s1. The molecule has 5 rings (SSSR count). The van der Waals surface area contributed by atoms with Crippen LogP contribution in [0.15, 0.2) is 73.2 Å². The molecule has 0 saturated heterocycles. The predicted octanol–water partition coefficient (Wildman–Crippen LogP) is 4.92. The Balaban J connectivity index is 1.43. The van der Waals surface area contributed by atoms with Crippen LogP contribution in [0.3, 0.4) is 0 Å². The first-order valence-corrected chi connectivity index (χ1v) is 11.4. The van der Waals surface area contributed by atoms with Gasteiger partial charge in [-0.15, -0.1) is 0 Å². The fourth-order valence-electron chi connectivity index (χ4n) is 4.67. The predicted molar refractivity (Wildman–Crippen MR) is 126 cm³/mol. The molecule has 1 saturated carbocycles. The molecule has 1 aliphatic rings. The van der Waals surface area contributed by atoms with E-state index in [-0.39, 0.29) is 11.9 Å². The van der Waals surface area contributed by atoms with E-state index in [0.29, 0.717) is 29.4 Å². The van der Waals surface area contributed by atoms with Gasteiger partial charge in [-0.3, -0.25) is 9.78 Å². The number of halogens is 1. The fourth-order valence-corrected chi connectivity index (χ4v) is 4.67. The first kappa shape index (κ1) is 21.3. The number of rotatable bonds is 5. The van der Waals surface area contributed by atoms with Gasteiger partial charge in [0.05, 0.1) is 23.2 Å². The highest BCUT2D eigenvalue weighted by Gasteiger charge is 2.27. The van der Waals surface area contributed by atoms with Crippen molar-refractivity contribution in [2.45, 2.75) is 44.4 Å². The molecule has 0 radical (unpaired) electrons. The van der Waals surface area contributed by atoms with Crippen molar-refractivity contribution in [2.75, 3.05) is 0 Å². The number of nitrogens with zero attached hydrogens (tertiary/aromatic N) is 2. The maximum atomic E-state index is 14.8. The zero-order chi connectivity index (χ0) is 22.8. The number of benzene rings is 2. The fraction of sp³-hybridized carbons (Fsp3) is 0.259. The molecular weight excluding hydrogens is 417 g/mol. The summed E-state index contributed by atoms with van der Waals surface area (Å²) < 4.78 is 16.7. The van der Waals surface area contributed by atoms with Crippen LogP contribution in [-0.2, 0) is 6.54 Å². The SMILES string of the molecule is O=C(N[C@H]1CCCC[C@@H]1O)c1cn(Cc2ccc(-c3cccnc3)cc2)c2cccc(F)c12. The molecule has 2 N–H and O–H groups in total. The molecule has 33 heavy (non-hydrogen) atoms. The highest BCUT2D eigenvalue weighted by Crippen LogP contribution is 2.27. The number of carbonyl (C=O) groups is 1. The van der Waals surface area contributed by atoms with Crippen LogP contribution in [0.4, 0.5) is 4.39 Å². The maximum Gasteiger partial charge on any atom is 0.253 e. The minimum absolute atomic E-state index is 0.295. The minimum atomic E-state index is -0.556. The molecule has 4 aromatic rings. The van der Waals surface area contributed by atoms with Crippen molar-refractivity contribution in [3.05, 3.63) is 90.1 Å². The summed E-state index contributed by atoms with van der Waals surface area (Å²) in [7, 11) is 0. The summed E-state index contributed by atoms with van der Waals surface area (Å²) in [5.41, 5.74) is 4.12. The van der Waals surface area contributed by atoms with Gasteiger partial charge in [0, 0.05) is 30.5 Å². The lowest BCUT2D eigenvalue weighted by Gasteiger charge is -2.28. The first-order chi connectivity index (χ1) is 16.1. The monoisotopic (exact) mass is 443 g/mol. The molecule has 6 heteroatoms. The Morgan fingerprint density at radius 2 is 1.88 bits per heavy atom. The Labute approximate surface area is 191 Å². The van der Waals surface area contributed by atoms with Crippen molar-refractivity contribution >= 4 is 16.8 Å². The van der Waals surface area contributed by atoms with Crippen LogP contribution >= 0.6 is 0 Å². The van der Waals surface area contributed by atoms with Gasteiger partial charge in [-0.05, 0) is 47.7 Å². The number of nitrogens with one attached hydrogen (secondary N) is 1. The van der Waals surface area contributed by atoms with E-state index in [1.807, 2.05) is 53.2 Å². The van der Waals surface area contributed by atoms with E-state index in [2.05, 4.69) is 10.3 Å². The summed E-state index contributed by atoms with van der Waals surface area (Å²) in [5.74, 6) is -0.769. The molecule has 2 atom stereocenters. The lowest BCUT2D eigenvalue weighted by Crippen LogP contribution is -2.45. The highest BCUT2D eigenvalue weighted by molar-refractivity contribution is 6.07. The number of carbonyl (C=O) groups excluding carboxylic acids is 1. The Morgan fingerprint density at radius 3 is 2.64 bits per heavy atom. The smallest absolute Gasteiger partial charge is 0.253 e. The Hall–Kier alpha value is -3.51. The van der Waals surface area contributed by atoms with Crippen LogP contribution in [0, 0.1) is 5.82 Å². The molecular formula is C27H26FN3O2. The molecule has 1 amide bonds. The second-order valence-corrected chi connectivity index (χ2v) is 8.68. The third kappa shape index (κ3) is 4.39. The zero-order valence-electron chi connectivity index (χ0n) is 18.2. The van der Waals surface area contributed by atoms with Crippen molar-refractivity contribution in [2.24, 2.45) is 0 Å². The lowest BCUT2D eigenvalue weighted by atomic mass is 9.92. The highest BCUT2D eigenvalue weighted by atomic mass is 19.1. The van der Waals surface area contributed by atoms with Crippen molar-refractivity contribution in [1.29, 1.82) is 0 Å². The van der Waals surface area contributed by atoms with Gasteiger partial charge in [0.25, 0.3) is 5.91 Å².